The van der Waals surface area contributed by atoms with Crippen LogP contribution in [0.1, 0.15) is 12.1 Å². The fourth-order valence-corrected chi connectivity index (χ4v) is 2.14. The smallest absolute Gasteiger partial charge is 0.163 e. The minimum absolute atomic E-state index is 0.387. The Morgan fingerprint density at radius 3 is 2.64 bits per heavy atom. The summed E-state index contributed by atoms with van der Waals surface area (Å²) in [6.45, 7) is 2.23. The van der Waals surface area contributed by atoms with Crippen molar-refractivity contribution < 1.29 is 0 Å². The summed E-state index contributed by atoms with van der Waals surface area (Å²) >= 11 is 0. The third-order valence-corrected chi connectivity index (χ3v) is 3.07. The number of hydrogen-bond donors (Lipinski definition) is 0. The van der Waals surface area contributed by atoms with E-state index >= 15 is 0 Å². The number of rotatable bonds is 1. The number of hydrogen-bond acceptors (Lipinski definition) is 4. The van der Waals surface area contributed by atoms with E-state index in [2.05, 4.69) is 15.1 Å². The largest absolute Gasteiger partial charge is 0.355 e. The van der Waals surface area contributed by atoms with Gasteiger partial charge in [0.05, 0.1) is 0 Å². The van der Waals surface area contributed by atoms with Crippen LogP contribution in [0, 0.1) is 23.2 Å². The van der Waals surface area contributed by atoms with Crippen molar-refractivity contribution in [3.05, 3.63) is 17.8 Å². The SMILES string of the molecule is N#Cc1ccc(N2CC3CC3C2)nn1. The Kier molecular flexibility index (Phi) is 1.48. The Bertz CT molecular complexity index is 382. The molecule has 14 heavy (non-hydrogen) atoms. The summed E-state index contributed by atoms with van der Waals surface area (Å²) in [6.07, 6.45) is 1.39. The molecule has 0 radical (unpaired) electrons. The van der Waals surface area contributed by atoms with Crippen LogP contribution in [0.5, 0.6) is 0 Å². The van der Waals surface area contributed by atoms with E-state index in [1.54, 1.807) is 6.07 Å². The highest BCUT2D eigenvalue weighted by molar-refractivity contribution is 5.41. The molecule has 0 bridgehead atoms. The molecule has 1 saturated carbocycles. The molecule has 2 aliphatic rings. The molecule has 1 aliphatic carbocycles. The van der Waals surface area contributed by atoms with Gasteiger partial charge in [-0.1, -0.05) is 0 Å². The fourth-order valence-electron chi connectivity index (χ4n) is 2.14. The molecule has 1 aromatic heterocycles. The zero-order valence-electron chi connectivity index (χ0n) is 7.72. The highest BCUT2D eigenvalue weighted by Crippen LogP contribution is 2.45. The van der Waals surface area contributed by atoms with E-state index in [-0.39, 0.29) is 0 Å². The van der Waals surface area contributed by atoms with Gasteiger partial charge in [0.2, 0.25) is 0 Å². The third-order valence-electron chi connectivity index (χ3n) is 3.07. The van der Waals surface area contributed by atoms with E-state index in [1.807, 2.05) is 12.1 Å². The molecule has 2 heterocycles. The number of nitriles is 1. The summed E-state index contributed by atoms with van der Waals surface area (Å²) in [5.41, 5.74) is 0.387. The van der Waals surface area contributed by atoms with Gasteiger partial charge in [-0.15, -0.1) is 10.2 Å². The van der Waals surface area contributed by atoms with E-state index in [0.717, 1.165) is 30.7 Å². The van der Waals surface area contributed by atoms with E-state index in [9.17, 15) is 0 Å². The second-order valence-corrected chi connectivity index (χ2v) is 4.05. The number of aromatic nitrogens is 2. The molecular formula is C10H10N4. The summed E-state index contributed by atoms with van der Waals surface area (Å²) in [5.74, 6) is 2.70. The molecule has 1 aliphatic heterocycles. The average Bonchev–Trinajstić information content (AvgIpc) is 2.86. The first-order valence-electron chi connectivity index (χ1n) is 4.85. The Hall–Kier alpha value is -1.63. The van der Waals surface area contributed by atoms with Gasteiger partial charge in [-0.25, -0.2) is 0 Å². The summed E-state index contributed by atoms with van der Waals surface area (Å²) < 4.78 is 0. The Labute approximate surface area is 82.2 Å². The Balaban J connectivity index is 1.80. The molecule has 4 heteroatoms. The molecular weight excluding hydrogens is 176 g/mol. The van der Waals surface area contributed by atoms with Crippen molar-refractivity contribution in [2.75, 3.05) is 18.0 Å². The predicted octanol–water partition coefficient (Wildman–Crippen LogP) is 0.804. The minimum atomic E-state index is 0.387. The normalized spacial score (nSPS) is 28.4. The standard InChI is InChI=1S/C10H10N4/c11-4-9-1-2-10(13-12-9)14-5-7-3-8(7)6-14/h1-2,7-8H,3,5-6H2. The molecule has 2 unspecified atom stereocenters. The van der Waals surface area contributed by atoms with E-state index in [4.69, 9.17) is 5.26 Å². The van der Waals surface area contributed by atoms with Crippen LogP contribution in [-0.4, -0.2) is 23.3 Å². The zero-order chi connectivity index (χ0) is 9.54. The van der Waals surface area contributed by atoms with Gasteiger partial charge in [0.15, 0.2) is 11.5 Å². The first-order valence-corrected chi connectivity index (χ1v) is 4.85. The maximum Gasteiger partial charge on any atom is 0.163 e. The molecule has 70 valence electrons. The topological polar surface area (TPSA) is 52.8 Å². The van der Waals surface area contributed by atoms with E-state index in [0.29, 0.717) is 5.69 Å². The first kappa shape index (κ1) is 7.74. The second-order valence-electron chi connectivity index (χ2n) is 4.05. The summed E-state index contributed by atoms with van der Waals surface area (Å²) in [5, 5.41) is 16.4. The van der Waals surface area contributed by atoms with Crippen molar-refractivity contribution in [3.63, 3.8) is 0 Å². The summed E-state index contributed by atoms with van der Waals surface area (Å²) in [4.78, 5) is 2.26. The minimum Gasteiger partial charge on any atom is -0.355 e. The molecule has 1 aromatic rings. The number of fused-ring (bicyclic) bond motifs is 1. The lowest BCUT2D eigenvalue weighted by Gasteiger charge is -2.17. The highest BCUT2D eigenvalue weighted by atomic mass is 15.3. The molecule has 4 nitrogen and oxygen atoms in total. The fraction of sp³-hybridized carbons (Fsp3) is 0.500. The van der Waals surface area contributed by atoms with E-state index in [1.165, 1.54) is 6.42 Å². The van der Waals surface area contributed by atoms with Crippen LogP contribution in [0.3, 0.4) is 0 Å². The molecule has 3 rings (SSSR count). The van der Waals surface area contributed by atoms with Gasteiger partial charge in [0, 0.05) is 13.1 Å². The third kappa shape index (κ3) is 1.13. The molecule has 0 amide bonds. The van der Waals surface area contributed by atoms with Gasteiger partial charge in [0.25, 0.3) is 0 Å². The number of anilines is 1. The van der Waals surface area contributed by atoms with Crippen LogP contribution in [-0.2, 0) is 0 Å². The van der Waals surface area contributed by atoms with Gasteiger partial charge in [-0.05, 0) is 30.4 Å². The summed E-state index contributed by atoms with van der Waals surface area (Å²) in [6, 6.07) is 5.58. The lowest BCUT2D eigenvalue weighted by Crippen LogP contribution is -2.23. The van der Waals surface area contributed by atoms with Crippen molar-refractivity contribution in [3.8, 4) is 6.07 Å². The average molecular weight is 186 g/mol. The van der Waals surface area contributed by atoms with Crippen LogP contribution in [0.15, 0.2) is 12.1 Å². The van der Waals surface area contributed by atoms with Crippen molar-refractivity contribution >= 4 is 5.82 Å². The Morgan fingerprint density at radius 2 is 2.07 bits per heavy atom. The van der Waals surface area contributed by atoms with Gasteiger partial charge >= 0.3 is 0 Å². The lowest BCUT2D eigenvalue weighted by molar-refractivity contribution is 0.790. The number of piperidine rings is 1. The van der Waals surface area contributed by atoms with Crippen molar-refractivity contribution in [2.24, 2.45) is 11.8 Å². The van der Waals surface area contributed by atoms with Crippen LogP contribution in [0.25, 0.3) is 0 Å². The van der Waals surface area contributed by atoms with Crippen LogP contribution in [0.2, 0.25) is 0 Å². The van der Waals surface area contributed by atoms with Gasteiger partial charge in [-0.3, -0.25) is 0 Å². The number of nitrogens with zero attached hydrogens (tertiary/aromatic N) is 4. The molecule has 1 saturated heterocycles. The molecule has 2 atom stereocenters. The quantitative estimate of drug-likeness (QED) is 0.651. The maximum atomic E-state index is 8.58. The van der Waals surface area contributed by atoms with Crippen molar-refractivity contribution in [2.45, 2.75) is 6.42 Å². The monoisotopic (exact) mass is 186 g/mol. The molecule has 0 spiro atoms. The van der Waals surface area contributed by atoms with Gasteiger partial charge < -0.3 is 4.90 Å². The summed E-state index contributed by atoms with van der Waals surface area (Å²) in [7, 11) is 0. The predicted molar refractivity (Wildman–Crippen MR) is 50.6 cm³/mol. The molecule has 0 N–H and O–H groups in total. The maximum absolute atomic E-state index is 8.58. The van der Waals surface area contributed by atoms with Crippen molar-refractivity contribution in [1.82, 2.24) is 10.2 Å². The zero-order valence-corrected chi connectivity index (χ0v) is 7.72. The van der Waals surface area contributed by atoms with Crippen LogP contribution < -0.4 is 4.90 Å². The second kappa shape index (κ2) is 2.68. The van der Waals surface area contributed by atoms with Gasteiger partial charge in [-0.2, -0.15) is 5.26 Å². The Morgan fingerprint density at radius 1 is 1.29 bits per heavy atom. The van der Waals surface area contributed by atoms with Crippen molar-refractivity contribution in [1.29, 1.82) is 5.26 Å². The van der Waals surface area contributed by atoms with Crippen LogP contribution >= 0.6 is 0 Å². The van der Waals surface area contributed by atoms with Crippen LogP contribution in [0.4, 0.5) is 5.82 Å². The van der Waals surface area contributed by atoms with Gasteiger partial charge in [0.1, 0.15) is 6.07 Å². The first-order chi connectivity index (χ1) is 6.86. The van der Waals surface area contributed by atoms with E-state index < -0.39 is 0 Å². The molecule has 0 aromatic carbocycles. The molecule has 2 fully saturated rings. The highest BCUT2D eigenvalue weighted by Gasteiger charge is 2.45. The lowest BCUT2D eigenvalue weighted by atomic mass is 10.4.